The van der Waals surface area contributed by atoms with Gasteiger partial charge < -0.3 is 5.11 Å². The normalized spacial score (nSPS) is 28.5. The highest BCUT2D eigenvalue weighted by molar-refractivity contribution is 5.86. The fraction of sp³-hybridized carbons (Fsp3) is 0.533. The van der Waals surface area contributed by atoms with Gasteiger partial charge in [0.15, 0.2) is 0 Å². The van der Waals surface area contributed by atoms with Gasteiger partial charge in [0.1, 0.15) is 0 Å². The molecule has 0 unspecified atom stereocenters. The van der Waals surface area contributed by atoms with Crippen LogP contribution in [0.4, 0.5) is 0 Å². The fourth-order valence-electron chi connectivity index (χ4n) is 3.12. The van der Waals surface area contributed by atoms with E-state index in [1.165, 1.54) is 11.1 Å². The molecular formula is C15H20O2. The van der Waals surface area contributed by atoms with Gasteiger partial charge in [-0.1, -0.05) is 30.7 Å². The van der Waals surface area contributed by atoms with Crippen LogP contribution in [-0.4, -0.2) is 11.1 Å². The van der Waals surface area contributed by atoms with Crippen LogP contribution < -0.4 is 0 Å². The largest absolute Gasteiger partial charge is 0.478 e. The predicted octanol–water partition coefficient (Wildman–Crippen LogP) is 3.85. The van der Waals surface area contributed by atoms with E-state index in [9.17, 15) is 4.79 Å². The lowest BCUT2D eigenvalue weighted by Crippen LogP contribution is -2.13. The molecule has 0 aromatic rings. The maximum atomic E-state index is 11.0. The third-order valence-electron chi connectivity index (χ3n) is 4.25. The van der Waals surface area contributed by atoms with Crippen LogP contribution in [0.5, 0.6) is 0 Å². The molecule has 2 aliphatic carbocycles. The number of fused-ring (bicyclic) bond motifs is 1. The molecule has 0 amide bonds. The van der Waals surface area contributed by atoms with E-state index in [-0.39, 0.29) is 5.41 Å². The number of allylic oxidation sites excluding steroid dienone is 4. The van der Waals surface area contributed by atoms with Crippen LogP contribution in [0.3, 0.4) is 0 Å². The van der Waals surface area contributed by atoms with Crippen LogP contribution in [0.25, 0.3) is 0 Å². The third kappa shape index (κ3) is 2.08. The van der Waals surface area contributed by atoms with Crippen molar-refractivity contribution in [2.24, 2.45) is 5.41 Å². The Kier molecular flexibility index (Phi) is 2.98. The minimum absolute atomic E-state index is 0.172. The van der Waals surface area contributed by atoms with Gasteiger partial charge in [-0.05, 0) is 50.0 Å². The van der Waals surface area contributed by atoms with Gasteiger partial charge in [-0.25, -0.2) is 4.79 Å². The molecule has 17 heavy (non-hydrogen) atoms. The van der Waals surface area contributed by atoms with Crippen LogP contribution in [0.15, 0.2) is 34.9 Å². The van der Waals surface area contributed by atoms with Crippen molar-refractivity contribution in [3.05, 3.63) is 34.9 Å². The average Bonchev–Trinajstić information content (AvgIpc) is 2.47. The van der Waals surface area contributed by atoms with E-state index >= 15 is 0 Å². The van der Waals surface area contributed by atoms with Crippen LogP contribution in [0.1, 0.15) is 46.0 Å². The second-order valence-corrected chi connectivity index (χ2v) is 5.54. The second kappa shape index (κ2) is 4.17. The SMILES string of the molecule is C=C(C)C1=C2CCC(C(=O)O)=CC[C@@]2(C)CC1. The van der Waals surface area contributed by atoms with Crippen molar-refractivity contribution in [3.8, 4) is 0 Å². The standard InChI is InChI=1S/C15H20O2/c1-10(2)12-7-9-15(3)8-6-11(14(16)17)4-5-13(12)15/h6H,1,4-5,7-9H2,2-3H3,(H,16,17)/t15-/m0/s1. The number of hydrogen-bond donors (Lipinski definition) is 1. The monoisotopic (exact) mass is 232 g/mol. The highest BCUT2D eigenvalue weighted by Gasteiger charge is 2.37. The Morgan fingerprint density at radius 2 is 2.12 bits per heavy atom. The summed E-state index contributed by atoms with van der Waals surface area (Å²) in [4.78, 5) is 11.0. The fourth-order valence-corrected chi connectivity index (χ4v) is 3.12. The molecule has 0 radical (unpaired) electrons. The third-order valence-corrected chi connectivity index (χ3v) is 4.25. The minimum atomic E-state index is -0.758. The zero-order valence-electron chi connectivity index (χ0n) is 10.7. The molecule has 1 N–H and O–H groups in total. The van der Waals surface area contributed by atoms with Crippen LogP contribution >= 0.6 is 0 Å². The van der Waals surface area contributed by atoms with Gasteiger partial charge in [0.05, 0.1) is 0 Å². The van der Waals surface area contributed by atoms with E-state index in [1.807, 2.05) is 6.08 Å². The van der Waals surface area contributed by atoms with Crippen molar-refractivity contribution in [2.45, 2.75) is 46.0 Å². The first-order chi connectivity index (χ1) is 7.94. The molecule has 2 aliphatic rings. The van der Waals surface area contributed by atoms with Crippen LogP contribution in [-0.2, 0) is 4.79 Å². The lowest BCUT2D eigenvalue weighted by Gasteiger charge is -2.25. The van der Waals surface area contributed by atoms with Crippen molar-refractivity contribution in [1.29, 1.82) is 0 Å². The van der Waals surface area contributed by atoms with Crippen molar-refractivity contribution in [2.75, 3.05) is 0 Å². The second-order valence-electron chi connectivity index (χ2n) is 5.54. The molecule has 0 saturated carbocycles. The molecule has 0 spiro atoms. The van der Waals surface area contributed by atoms with E-state index in [4.69, 9.17) is 5.11 Å². The number of carbonyl (C=O) groups is 1. The molecule has 92 valence electrons. The highest BCUT2D eigenvalue weighted by atomic mass is 16.4. The Hall–Kier alpha value is -1.31. The zero-order chi connectivity index (χ0) is 12.6. The first kappa shape index (κ1) is 12.2. The average molecular weight is 232 g/mol. The van der Waals surface area contributed by atoms with Crippen molar-refractivity contribution < 1.29 is 9.90 Å². The molecule has 1 atom stereocenters. The van der Waals surface area contributed by atoms with E-state index in [0.29, 0.717) is 12.0 Å². The summed E-state index contributed by atoms with van der Waals surface area (Å²) in [6, 6.07) is 0. The summed E-state index contributed by atoms with van der Waals surface area (Å²) in [6.45, 7) is 8.38. The Labute approximate surface area is 103 Å². The molecule has 0 aliphatic heterocycles. The maximum absolute atomic E-state index is 11.0. The maximum Gasteiger partial charge on any atom is 0.331 e. The van der Waals surface area contributed by atoms with E-state index in [2.05, 4.69) is 20.4 Å². The highest BCUT2D eigenvalue weighted by Crippen LogP contribution is 2.51. The molecule has 0 heterocycles. The molecule has 0 fully saturated rings. The number of hydrogen-bond acceptors (Lipinski definition) is 1. The lowest BCUT2D eigenvalue weighted by molar-refractivity contribution is -0.132. The van der Waals surface area contributed by atoms with E-state index in [0.717, 1.165) is 31.3 Å². The first-order valence-corrected chi connectivity index (χ1v) is 6.25. The topological polar surface area (TPSA) is 37.3 Å². The van der Waals surface area contributed by atoms with Gasteiger partial charge in [-0.3, -0.25) is 0 Å². The zero-order valence-corrected chi connectivity index (χ0v) is 10.7. The Morgan fingerprint density at radius 3 is 2.71 bits per heavy atom. The molecule has 0 saturated heterocycles. The summed E-state index contributed by atoms with van der Waals surface area (Å²) in [5.41, 5.74) is 4.76. The summed E-state index contributed by atoms with van der Waals surface area (Å²) in [5.74, 6) is -0.758. The Bertz CT molecular complexity index is 440. The summed E-state index contributed by atoms with van der Waals surface area (Å²) >= 11 is 0. The molecule has 2 heteroatoms. The Morgan fingerprint density at radius 1 is 1.41 bits per heavy atom. The number of carboxylic acid groups (broad SMARTS) is 1. The summed E-state index contributed by atoms with van der Waals surface area (Å²) in [7, 11) is 0. The number of aliphatic carboxylic acids is 1. The van der Waals surface area contributed by atoms with Crippen molar-refractivity contribution in [1.82, 2.24) is 0 Å². The van der Waals surface area contributed by atoms with Gasteiger partial charge in [0.2, 0.25) is 0 Å². The van der Waals surface area contributed by atoms with Gasteiger partial charge in [0.25, 0.3) is 0 Å². The summed E-state index contributed by atoms with van der Waals surface area (Å²) in [6.07, 6.45) is 6.58. The first-order valence-electron chi connectivity index (χ1n) is 6.25. The van der Waals surface area contributed by atoms with Crippen LogP contribution in [0.2, 0.25) is 0 Å². The molecule has 2 nitrogen and oxygen atoms in total. The van der Waals surface area contributed by atoms with Gasteiger partial charge in [-0.15, -0.1) is 0 Å². The van der Waals surface area contributed by atoms with E-state index in [1.54, 1.807) is 0 Å². The molecular weight excluding hydrogens is 212 g/mol. The van der Waals surface area contributed by atoms with Gasteiger partial charge in [0, 0.05) is 5.57 Å². The molecule has 0 aromatic carbocycles. The molecule has 0 bridgehead atoms. The quantitative estimate of drug-likeness (QED) is 0.785. The van der Waals surface area contributed by atoms with E-state index < -0.39 is 5.97 Å². The minimum Gasteiger partial charge on any atom is -0.478 e. The predicted molar refractivity (Wildman–Crippen MR) is 68.8 cm³/mol. The van der Waals surface area contributed by atoms with Gasteiger partial charge in [-0.2, -0.15) is 0 Å². The molecule has 2 rings (SSSR count). The van der Waals surface area contributed by atoms with Crippen LogP contribution in [0, 0.1) is 5.41 Å². The number of rotatable bonds is 2. The summed E-state index contributed by atoms with van der Waals surface area (Å²) in [5, 5.41) is 9.08. The Balaban J connectivity index is 2.35. The molecule has 0 aromatic heterocycles. The van der Waals surface area contributed by atoms with Crippen molar-refractivity contribution in [3.63, 3.8) is 0 Å². The smallest absolute Gasteiger partial charge is 0.331 e. The van der Waals surface area contributed by atoms with Crippen molar-refractivity contribution >= 4 is 5.97 Å². The number of carboxylic acids is 1. The van der Waals surface area contributed by atoms with Gasteiger partial charge >= 0.3 is 5.97 Å². The lowest BCUT2D eigenvalue weighted by atomic mass is 9.79. The summed E-state index contributed by atoms with van der Waals surface area (Å²) < 4.78 is 0.